The Bertz CT molecular complexity index is 216. The molecule has 2 N–H and O–H groups in total. The van der Waals surface area contributed by atoms with Crippen LogP contribution in [0.4, 0.5) is 0 Å². The second-order valence-electron chi connectivity index (χ2n) is 4.19. The molecular weight excluding hydrogens is 210 g/mol. The summed E-state index contributed by atoms with van der Waals surface area (Å²) in [6.45, 7) is 4.43. The van der Waals surface area contributed by atoms with Crippen molar-refractivity contribution in [3.8, 4) is 0 Å². The molecule has 94 valence electrons. The molecule has 0 radical (unpaired) electrons. The zero-order valence-corrected chi connectivity index (χ0v) is 9.83. The van der Waals surface area contributed by atoms with Crippen molar-refractivity contribution in [1.29, 1.82) is 0 Å². The van der Waals surface area contributed by atoms with E-state index in [1.165, 1.54) is 0 Å². The lowest BCUT2D eigenvalue weighted by atomic mass is 10.1. The molecule has 0 amide bonds. The van der Waals surface area contributed by atoms with Crippen LogP contribution in [0.5, 0.6) is 0 Å². The first-order valence-corrected chi connectivity index (χ1v) is 5.77. The molecule has 16 heavy (non-hydrogen) atoms. The van der Waals surface area contributed by atoms with Gasteiger partial charge in [-0.2, -0.15) is 0 Å². The monoisotopic (exact) mass is 231 g/mol. The molecule has 1 rings (SSSR count). The van der Waals surface area contributed by atoms with Crippen LogP contribution in [0.3, 0.4) is 0 Å². The minimum Gasteiger partial charge on any atom is -0.464 e. The maximum absolute atomic E-state index is 10.9. The Labute approximate surface area is 96.1 Å². The largest absolute Gasteiger partial charge is 0.464 e. The molecule has 0 saturated heterocycles. The van der Waals surface area contributed by atoms with Gasteiger partial charge < -0.3 is 19.9 Å². The fraction of sp³-hybridized carbons (Fsp3) is 0.909. The van der Waals surface area contributed by atoms with Gasteiger partial charge in [0.05, 0.1) is 13.2 Å². The van der Waals surface area contributed by atoms with Gasteiger partial charge in [0.25, 0.3) is 0 Å². The van der Waals surface area contributed by atoms with Crippen LogP contribution >= 0.6 is 0 Å². The Morgan fingerprint density at radius 3 is 2.81 bits per heavy atom. The lowest BCUT2D eigenvalue weighted by Crippen LogP contribution is -2.29. The van der Waals surface area contributed by atoms with Gasteiger partial charge in [-0.25, -0.2) is 4.79 Å². The van der Waals surface area contributed by atoms with Gasteiger partial charge in [-0.15, -0.1) is 0 Å². The van der Waals surface area contributed by atoms with Crippen molar-refractivity contribution in [2.75, 3.05) is 39.5 Å². The third-order valence-electron chi connectivity index (χ3n) is 2.74. The highest BCUT2D eigenvalue weighted by Gasteiger charge is 2.41. The molecule has 0 bridgehead atoms. The number of aliphatic hydroxyl groups excluding tert-OH is 1. The Kier molecular flexibility index (Phi) is 5.73. The Morgan fingerprint density at radius 1 is 1.50 bits per heavy atom. The lowest BCUT2D eigenvalue weighted by Gasteiger charge is -2.12. The van der Waals surface area contributed by atoms with Crippen molar-refractivity contribution in [2.24, 2.45) is 5.41 Å². The summed E-state index contributed by atoms with van der Waals surface area (Å²) >= 11 is 0. The number of esters is 1. The highest BCUT2D eigenvalue weighted by Crippen LogP contribution is 2.44. The normalized spacial score (nSPS) is 17.1. The number of carbonyl (C=O) groups is 1. The van der Waals surface area contributed by atoms with E-state index in [-0.39, 0.29) is 24.6 Å². The zero-order valence-electron chi connectivity index (χ0n) is 9.83. The van der Waals surface area contributed by atoms with E-state index in [9.17, 15) is 4.79 Å². The van der Waals surface area contributed by atoms with Gasteiger partial charge in [0.15, 0.2) is 0 Å². The number of ether oxygens (including phenoxy) is 2. The maximum Gasteiger partial charge on any atom is 0.332 e. The second-order valence-corrected chi connectivity index (χ2v) is 4.19. The summed E-state index contributed by atoms with van der Waals surface area (Å²) in [4.78, 5) is 10.9. The van der Waals surface area contributed by atoms with E-state index in [1.54, 1.807) is 6.92 Å². The SMILES string of the molecule is CCOC(=O)COCCNCC1(CO)CC1. The lowest BCUT2D eigenvalue weighted by molar-refractivity contribution is -0.148. The molecule has 1 aliphatic carbocycles. The van der Waals surface area contributed by atoms with Crippen molar-refractivity contribution in [3.63, 3.8) is 0 Å². The summed E-state index contributed by atoms with van der Waals surface area (Å²) in [7, 11) is 0. The molecular formula is C11H21NO4. The summed E-state index contributed by atoms with van der Waals surface area (Å²) in [6.07, 6.45) is 2.19. The standard InChI is InChI=1S/C11H21NO4/c1-2-16-10(14)7-15-6-5-12-8-11(9-13)3-4-11/h12-13H,2-9H2,1H3. The van der Waals surface area contributed by atoms with Crippen LogP contribution in [0.1, 0.15) is 19.8 Å². The number of aliphatic hydroxyl groups is 1. The molecule has 0 aromatic heterocycles. The first-order chi connectivity index (χ1) is 7.72. The third kappa shape index (κ3) is 4.92. The fourth-order valence-corrected chi connectivity index (χ4v) is 1.42. The summed E-state index contributed by atoms with van der Waals surface area (Å²) in [5.41, 5.74) is 0.126. The number of rotatable bonds is 9. The van der Waals surface area contributed by atoms with Gasteiger partial charge in [0.2, 0.25) is 0 Å². The van der Waals surface area contributed by atoms with E-state index in [0.717, 1.165) is 19.4 Å². The Morgan fingerprint density at radius 2 is 2.25 bits per heavy atom. The number of nitrogens with one attached hydrogen (secondary N) is 1. The number of hydrogen-bond acceptors (Lipinski definition) is 5. The van der Waals surface area contributed by atoms with Gasteiger partial charge in [0.1, 0.15) is 6.61 Å². The van der Waals surface area contributed by atoms with E-state index in [1.807, 2.05) is 0 Å². The molecule has 5 heteroatoms. The topological polar surface area (TPSA) is 67.8 Å². The van der Waals surface area contributed by atoms with Crippen molar-refractivity contribution in [3.05, 3.63) is 0 Å². The summed E-state index contributed by atoms with van der Waals surface area (Å²) < 4.78 is 9.83. The van der Waals surface area contributed by atoms with Gasteiger partial charge >= 0.3 is 5.97 Å². The van der Waals surface area contributed by atoms with Gasteiger partial charge in [-0.05, 0) is 19.8 Å². The van der Waals surface area contributed by atoms with Crippen molar-refractivity contribution in [2.45, 2.75) is 19.8 Å². The molecule has 5 nitrogen and oxygen atoms in total. The van der Waals surface area contributed by atoms with Crippen LogP contribution in [0.15, 0.2) is 0 Å². The summed E-state index contributed by atoms with van der Waals surface area (Å²) in [5.74, 6) is -0.323. The first kappa shape index (κ1) is 13.4. The first-order valence-electron chi connectivity index (χ1n) is 5.77. The molecule has 0 heterocycles. The van der Waals surface area contributed by atoms with Gasteiger partial charge in [-0.1, -0.05) is 0 Å². The van der Waals surface area contributed by atoms with Crippen LogP contribution in [-0.4, -0.2) is 50.6 Å². The molecule has 0 unspecified atom stereocenters. The number of carbonyl (C=O) groups excluding carboxylic acids is 1. The molecule has 1 aliphatic rings. The molecule has 0 aliphatic heterocycles. The average Bonchev–Trinajstić information content (AvgIpc) is 3.04. The summed E-state index contributed by atoms with van der Waals surface area (Å²) in [6, 6.07) is 0. The van der Waals surface area contributed by atoms with Crippen LogP contribution in [0.2, 0.25) is 0 Å². The molecule has 0 aromatic carbocycles. The van der Waals surface area contributed by atoms with Crippen molar-refractivity contribution < 1.29 is 19.4 Å². The molecule has 0 spiro atoms. The third-order valence-corrected chi connectivity index (χ3v) is 2.74. The second kappa shape index (κ2) is 6.83. The van der Waals surface area contributed by atoms with Crippen LogP contribution in [0, 0.1) is 5.41 Å². The summed E-state index contributed by atoms with van der Waals surface area (Å²) in [5, 5.41) is 12.3. The predicted molar refractivity (Wildman–Crippen MR) is 59.1 cm³/mol. The fourth-order valence-electron chi connectivity index (χ4n) is 1.42. The quantitative estimate of drug-likeness (QED) is 0.429. The molecule has 1 saturated carbocycles. The van der Waals surface area contributed by atoms with E-state index >= 15 is 0 Å². The van der Waals surface area contributed by atoms with Crippen molar-refractivity contribution in [1.82, 2.24) is 5.32 Å². The van der Waals surface area contributed by atoms with Crippen LogP contribution < -0.4 is 5.32 Å². The van der Waals surface area contributed by atoms with E-state index < -0.39 is 0 Å². The highest BCUT2D eigenvalue weighted by molar-refractivity contribution is 5.70. The van der Waals surface area contributed by atoms with E-state index in [2.05, 4.69) is 5.32 Å². The predicted octanol–water partition coefficient (Wildman–Crippen LogP) is -0.0718. The smallest absolute Gasteiger partial charge is 0.332 e. The van der Waals surface area contributed by atoms with Crippen molar-refractivity contribution >= 4 is 5.97 Å². The zero-order chi connectivity index (χ0) is 11.9. The van der Waals surface area contributed by atoms with E-state index in [4.69, 9.17) is 14.6 Å². The van der Waals surface area contributed by atoms with E-state index in [0.29, 0.717) is 19.8 Å². The highest BCUT2D eigenvalue weighted by atomic mass is 16.6. The van der Waals surface area contributed by atoms with Gasteiger partial charge in [-0.3, -0.25) is 0 Å². The Hall–Kier alpha value is -0.650. The minimum atomic E-state index is -0.323. The van der Waals surface area contributed by atoms with Crippen LogP contribution in [0.25, 0.3) is 0 Å². The average molecular weight is 231 g/mol. The molecule has 0 aromatic rings. The molecule has 1 fully saturated rings. The van der Waals surface area contributed by atoms with Gasteiger partial charge in [0, 0.05) is 25.1 Å². The number of hydrogen-bond donors (Lipinski definition) is 2. The maximum atomic E-state index is 10.9. The minimum absolute atomic E-state index is 0.0145. The Balaban J connectivity index is 1.87. The molecule has 0 atom stereocenters. The van der Waals surface area contributed by atoms with Crippen LogP contribution in [-0.2, 0) is 14.3 Å².